The van der Waals surface area contributed by atoms with Crippen LogP contribution >= 0.6 is 23.1 Å². The molecule has 1 aromatic carbocycles. The highest BCUT2D eigenvalue weighted by Gasteiger charge is 2.28. The van der Waals surface area contributed by atoms with Crippen LogP contribution in [0.3, 0.4) is 0 Å². The molecule has 5 nitrogen and oxygen atoms in total. The molecule has 0 bridgehead atoms. The third-order valence-electron chi connectivity index (χ3n) is 3.52. The number of anilines is 1. The van der Waals surface area contributed by atoms with Crippen molar-refractivity contribution in [2.45, 2.75) is 12.3 Å². The number of fused-ring (bicyclic) bond motifs is 1. The zero-order valence-corrected chi connectivity index (χ0v) is 14.7. The summed E-state index contributed by atoms with van der Waals surface area (Å²) in [7, 11) is 7.38. The van der Waals surface area contributed by atoms with Gasteiger partial charge in [-0.1, -0.05) is 0 Å². The molecule has 0 amide bonds. The standard InChI is InChI=1S/C15H19N3O2S2/c1-18(2)9-5-6-10-12(7-9)22-14(16-10)13-17-11(8-21-13)15(19-3)20-4/h5-7,11,15H,8H2,1-4H3. The van der Waals surface area contributed by atoms with Crippen LogP contribution in [-0.4, -0.2) is 56.4 Å². The van der Waals surface area contributed by atoms with Gasteiger partial charge in [-0.2, -0.15) is 0 Å². The number of hydrogen-bond donors (Lipinski definition) is 0. The van der Waals surface area contributed by atoms with Crippen LogP contribution in [0.25, 0.3) is 10.2 Å². The first-order valence-corrected chi connectivity index (χ1v) is 8.77. The van der Waals surface area contributed by atoms with Crippen LogP contribution in [0.5, 0.6) is 0 Å². The van der Waals surface area contributed by atoms with Crippen molar-refractivity contribution in [3.05, 3.63) is 23.2 Å². The van der Waals surface area contributed by atoms with Gasteiger partial charge in [0.1, 0.15) is 16.1 Å². The summed E-state index contributed by atoms with van der Waals surface area (Å²) in [5, 5.41) is 1.96. The van der Waals surface area contributed by atoms with Crippen molar-refractivity contribution in [3.8, 4) is 0 Å². The van der Waals surface area contributed by atoms with Crippen LogP contribution in [0.4, 0.5) is 5.69 Å². The smallest absolute Gasteiger partial charge is 0.179 e. The van der Waals surface area contributed by atoms with Crippen LogP contribution < -0.4 is 4.90 Å². The van der Waals surface area contributed by atoms with Crippen molar-refractivity contribution in [1.29, 1.82) is 0 Å². The van der Waals surface area contributed by atoms with Gasteiger partial charge in [0.2, 0.25) is 0 Å². The normalized spacial score (nSPS) is 18.2. The largest absolute Gasteiger partial charge is 0.378 e. The van der Waals surface area contributed by atoms with Crippen LogP contribution in [0.2, 0.25) is 0 Å². The fourth-order valence-electron chi connectivity index (χ4n) is 2.34. The number of aliphatic imine (C=N–C) groups is 1. The Kier molecular flexibility index (Phi) is 4.67. The Labute approximate surface area is 138 Å². The van der Waals surface area contributed by atoms with Crippen LogP contribution in [-0.2, 0) is 9.47 Å². The third kappa shape index (κ3) is 2.99. The summed E-state index contributed by atoms with van der Waals surface area (Å²) >= 11 is 3.40. The highest BCUT2D eigenvalue weighted by Crippen LogP contribution is 2.32. The van der Waals surface area contributed by atoms with Crippen molar-refractivity contribution >= 4 is 44.0 Å². The van der Waals surface area contributed by atoms with E-state index in [1.807, 2.05) is 14.1 Å². The van der Waals surface area contributed by atoms with E-state index in [1.54, 1.807) is 37.3 Å². The fraction of sp³-hybridized carbons (Fsp3) is 0.467. The molecule has 2 aromatic rings. The van der Waals surface area contributed by atoms with E-state index >= 15 is 0 Å². The molecule has 1 aromatic heterocycles. The van der Waals surface area contributed by atoms with Gasteiger partial charge in [0.05, 0.1) is 10.2 Å². The first-order chi connectivity index (χ1) is 10.6. The summed E-state index contributed by atoms with van der Waals surface area (Å²) in [4.78, 5) is 11.5. The minimum Gasteiger partial charge on any atom is -0.378 e. The Balaban J connectivity index is 1.89. The Hall–Kier alpha value is -1.15. The first kappa shape index (κ1) is 15.7. The lowest BCUT2D eigenvalue weighted by Crippen LogP contribution is -2.28. The van der Waals surface area contributed by atoms with Crippen LogP contribution in [0, 0.1) is 0 Å². The van der Waals surface area contributed by atoms with E-state index in [2.05, 4.69) is 23.1 Å². The quantitative estimate of drug-likeness (QED) is 0.785. The number of thioether (sulfide) groups is 1. The third-order valence-corrected chi connectivity index (χ3v) is 5.76. The molecule has 3 rings (SSSR count). The molecule has 118 valence electrons. The maximum atomic E-state index is 5.30. The molecule has 0 fully saturated rings. The number of methoxy groups -OCH3 is 2. The van der Waals surface area contributed by atoms with E-state index in [1.165, 1.54) is 10.4 Å². The molecule has 1 aliphatic heterocycles. The highest BCUT2D eigenvalue weighted by atomic mass is 32.2. The van der Waals surface area contributed by atoms with E-state index in [0.29, 0.717) is 0 Å². The van der Waals surface area contributed by atoms with Crippen LogP contribution in [0.15, 0.2) is 23.2 Å². The minimum atomic E-state index is -0.292. The van der Waals surface area contributed by atoms with E-state index in [-0.39, 0.29) is 12.3 Å². The fourth-order valence-corrected chi connectivity index (χ4v) is 4.47. The van der Waals surface area contributed by atoms with E-state index in [4.69, 9.17) is 19.5 Å². The second-order valence-electron chi connectivity index (χ2n) is 5.22. The summed E-state index contributed by atoms with van der Waals surface area (Å²) < 4.78 is 11.8. The molecule has 0 aliphatic carbocycles. The highest BCUT2D eigenvalue weighted by molar-refractivity contribution is 8.15. The van der Waals surface area contributed by atoms with E-state index in [0.717, 1.165) is 21.3 Å². The summed E-state index contributed by atoms with van der Waals surface area (Å²) in [6, 6.07) is 6.35. The van der Waals surface area contributed by atoms with Gasteiger partial charge in [0.15, 0.2) is 6.29 Å². The Morgan fingerprint density at radius 1 is 1.27 bits per heavy atom. The van der Waals surface area contributed by atoms with Gasteiger partial charge in [0.25, 0.3) is 0 Å². The summed E-state index contributed by atoms with van der Waals surface area (Å²) in [5.41, 5.74) is 2.20. The molecule has 0 saturated carbocycles. The Morgan fingerprint density at radius 3 is 2.73 bits per heavy atom. The SMILES string of the molecule is COC(OC)C1CSC(c2nc3ccc(N(C)C)cc3s2)=N1. The lowest BCUT2D eigenvalue weighted by molar-refractivity contribution is -0.111. The number of rotatable bonds is 5. The monoisotopic (exact) mass is 337 g/mol. The van der Waals surface area contributed by atoms with Crippen molar-refractivity contribution < 1.29 is 9.47 Å². The van der Waals surface area contributed by atoms with Crippen LogP contribution in [0.1, 0.15) is 5.01 Å². The molecule has 1 unspecified atom stereocenters. The number of ether oxygens (including phenoxy) is 2. The Bertz CT molecular complexity index is 695. The molecule has 22 heavy (non-hydrogen) atoms. The first-order valence-electron chi connectivity index (χ1n) is 6.97. The number of hydrogen-bond acceptors (Lipinski definition) is 7. The van der Waals surface area contributed by atoms with Gasteiger partial charge < -0.3 is 14.4 Å². The lowest BCUT2D eigenvalue weighted by Gasteiger charge is -2.16. The summed E-state index contributed by atoms with van der Waals surface area (Å²) in [6.07, 6.45) is -0.292. The molecule has 0 saturated heterocycles. The zero-order chi connectivity index (χ0) is 15.7. The molecule has 7 heteroatoms. The number of aromatic nitrogens is 1. The second-order valence-corrected chi connectivity index (χ2v) is 7.26. The predicted octanol–water partition coefficient (Wildman–Crippen LogP) is 2.84. The molecule has 2 heterocycles. The molecular formula is C15H19N3O2S2. The molecule has 1 atom stereocenters. The maximum Gasteiger partial charge on any atom is 0.179 e. The maximum absolute atomic E-state index is 5.30. The van der Waals surface area contributed by atoms with Crippen molar-refractivity contribution in [3.63, 3.8) is 0 Å². The number of thiazole rings is 1. The van der Waals surface area contributed by atoms with Gasteiger partial charge in [-0.05, 0) is 18.2 Å². The van der Waals surface area contributed by atoms with E-state index in [9.17, 15) is 0 Å². The summed E-state index contributed by atoms with van der Waals surface area (Å²) in [5.74, 6) is 0.862. The molecule has 0 spiro atoms. The molecule has 0 N–H and O–H groups in total. The average molecular weight is 337 g/mol. The van der Waals surface area contributed by atoms with Gasteiger partial charge in [-0.15, -0.1) is 23.1 Å². The Morgan fingerprint density at radius 2 is 2.05 bits per heavy atom. The minimum absolute atomic E-state index is 0.0272. The van der Waals surface area contributed by atoms with Gasteiger partial charge in [-0.25, -0.2) is 4.98 Å². The molecule has 1 aliphatic rings. The predicted molar refractivity (Wildman–Crippen MR) is 94.5 cm³/mol. The van der Waals surface area contributed by atoms with Crippen molar-refractivity contribution in [1.82, 2.24) is 4.98 Å². The molecular weight excluding hydrogens is 318 g/mol. The van der Waals surface area contributed by atoms with E-state index < -0.39 is 0 Å². The van der Waals surface area contributed by atoms with Crippen molar-refractivity contribution in [2.24, 2.45) is 4.99 Å². The van der Waals surface area contributed by atoms with Gasteiger partial charge in [-0.3, -0.25) is 4.99 Å². The molecule has 0 radical (unpaired) electrons. The van der Waals surface area contributed by atoms with Gasteiger partial charge >= 0.3 is 0 Å². The summed E-state index contributed by atoms with van der Waals surface area (Å²) in [6.45, 7) is 0. The average Bonchev–Trinajstić information content (AvgIpc) is 3.14. The van der Waals surface area contributed by atoms with Gasteiger partial charge in [0, 0.05) is 39.8 Å². The van der Waals surface area contributed by atoms with Crippen molar-refractivity contribution in [2.75, 3.05) is 39.0 Å². The second kappa shape index (κ2) is 6.54. The lowest BCUT2D eigenvalue weighted by atomic mass is 10.3. The number of benzene rings is 1. The zero-order valence-electron chi connectivity index (χ0n) is 13.1. The topological polar surface area (TPSA) is 47.0 Å². The number of nitrogens with zero attached hydrogens (tertiary/aromatic N) is 3.